The third-order valence-electron chi connectivity index (χ3n) is 20.2. The van der Waals surface area contributed by atoms with Crippen LogP contribution in [0, 0.1) is 6.92 Å². The Morgan fingerprint density at radius 2 is 0.825 bits per heavy atom. The average Bonchev–Trinajstić information content (AvgIpc) is 1.58. The number of fused-ring (bicyclic) bond motifs is 6. The molecule has 3 heteroatoms. The first-order valence-corrected chi connectivity index (χ1v) is 29.7. The summed E-state index contributed by atoms with van der Waals surface area (Å²) in [5.41, 5.74) is 28.5. The number of benzene rings is 9. The van der Waals surface area contributed by atoms with Crippen LogP contribution in [0.3, 0.4) is 0 Å². The summed E-state index contributed by atoms with van der Waals surface area (Å²) in [5.74, 6) is 0. The summed E-state index contributed by atoms with van der Waals surface area (Å²) < 4.78 is 0. The molecule has 0 amide bonds. The van der Waals surface area contributed by atoms with Gasteiger partial charge in [0.25, 0.3) is 6.71 Å². The highest BCUT2D eigenvalue weighted by Gasteiger charge is 2.48. The van der Waals surface area contributed by atoms with Crippen LogP contribution in [-0.4, -0.2) is 6.71 Å². The fourth-order valence-corrected chi connectivity index (χ4v) is 14.7. The summed E-state index contributed by atoms with van der Waals surface area (Å²) in [6.45, 7) is 31.7. The normalized spacial score (nSPS) is 17.2. The first-order valence-electron chi connectivity index (χ1n) is 29.7. The fourth-order valence-electron chi connectivity index (χ4n) is 14.7. The van der Waals surface area contributed by atoms with Gasteiger partial charge in [0.15, 0.2) is 0 Å². The minimum absolute atomic E-state index is 0.0155. The molecule has 0 saturated carbocycles. The van der Waals surface area contributed by atoms with Gasteiger partial charge in [-0.3, -0.25) is 0 Å². The van der Waals surface area contributed by atoms with Crippen LogP contribution in [0.2, 0.25) is 0 Å². The van der Waals surface area contributed by atoms with Gasteiger partial charge in [0.1, 0.15) is 0 Å². The molecule has 2 heterocycles. The summed E-state index contributed by atoms with van der Waals surface area (Å²) in [6.07, 6.45) is 4.66. The van der Waals surface area contributed by atoms with Gasteiger partial charge in [-0.25, -0.2) is 0 Å². The third kappa shape index (κ3) is 8.26. The van der Waals surface area contributed by atoms with E-state index in [1.54, 1.807) is 0 Å². The summed E-state index contributed by atoms with van der Waals surface area (Å²) in [4.78, 5) is 5.39. The summed E-state index contributed by atoms with van der Waals surface area (Å²) in [5, 5.41) is 0. The van der Waals surface area contributed by atoms with Gasteiger partial charge >= 0.3 is 0 Å². The van der Waals surface area contributed by atoms with Crippen molar-refractivity contribution in [3.63, 3.8) is 0 Å². The smallest absolute Gasteiger partial charge is 0.252 e. The van der Waals surface area contributed by atoms with Gasteiger partial charge in [-0.2, -0.15) is 0 Å². The van der Waals surface area contributed by atoms with Gasteiger partial charge in [0.2, 0.25) is 0 Å². The third-order valence-corrected chi connectivity index (χ3v) is 20.2. The molecule has 9 aromatic rings. The molecule has 2 aliphatic heterocycles. The minimum atomic E-state index is -0.264. The van der Waals surface area contributed by atoms with Crippen molar-refractivity contribution >= 4 is 57.2 Å². The Morgan fingerprint density at radius 1 is 0.350 bits per heavy atom. The molecule has 2 aliphatic carbocycles. The Balaban J connectivity index is 1.14. The maximum Gasteiger partial charge on any atom is 0.252 e. The number of aryl methyl sites for hydroxylation is 1. The number of nitrogens with zero attached hydrogens (tertiary/aromatic N) is 2. The van der Waals surface area contributed by atoms with Crippen LogP contribution in [0.25, 0.3) is 22.3 Å². The average molecular weight is 1040 g/mol. The predicted octanol–water partition coefficient (Wildman–Crippen LogP) is 18.8. The van der Waals surface area contributed by atoms with Crippen molar-refractivity contribution in [3.05, 3.63) is 244 Å². The van der Waals surface area contributed by atoms with E-state index in [2.05, 4.69) is 294 Å². The van der Waals surface area contributed by atoms with Crippen LogP contribution in [-0.2, 0) is 32.5 Å². The molecular weight excluding hydrogens is 964 g/mol. The standard InChI is InChI=1S/C77H79BN2/c1-50-42-69-71-70(43-50)80(66-36-32-56(76(10,11)54-28-19-15-20-29-54)45-59(66)53-27-23-26-52(44-53)51-24-17-14-18-25-51)67-37-33-57(77(12,13)55-30-21-16-22-31-55)46-64(67)78(71)65-48-62-63(75(8,9)41-40-74(62,6)7)49-68(65)79(69)58-34-35-60-61(47-58)73(4,5)39-38-72(60,2)3/h14-37,42-49H,38-41H2,1-13H3. The zero-order valence-electron chi connectivity index (χ0n) is 49.8. The van der Waals surface area contributed by atoms with Gasteiger partial charge in [0, 0.05) is 44.8 Å². The van der Waals surface area contributed by atoms with Crippen molar-refractivity contribution in [2.45, 2.75) is 148 Å². The first kappa shape index (κ1) is 52.0. The number of hydrogen-bond donors (Lipinski definition) is 0. The Hall–Kier alpha value is -7.36. The lowest BCUT2D eigenvalue weighted by Crippen LogP contribution is -2.62. The maximum atomic E-state index is 2.71. The van der Waals surface area contributed by atoms with E-state index in [9.17, 15) is 0 Å². The highest BCUT2D eigenvalue weighted by atomic mass is 15.2. The Labute approximate surface area is 479 Å². The second-order valence-corrected chi connectivity index (χ2v) is 28.0. The molecule has 0 radical (unpaired) electrons. The Morgan fingerprint density at radius 3 is 1.43 bits per heavy atom. The van der Waals surface area contributed by atoms with E-state index in [4.69, 9.17) is 0 Å². The Kier molecular flexibility index (Phi) is 11.9. The minimum Gasteiger partial charge on any atom is -0.311 e. The van der Waals surface area contributed by atoms with Gasteiger partial charge in [-0.1, -0.05) is 223 Å². The topological polar surface area (TPSA) is 6.48 Å². The van der Waals surface area contributed by atoms with Gasteiger partial charge in [-0.15, -0.1) is 0 Å². The van der Waals surface area contributed by atoms with Gasteiger partial charge in [0.05, 0.1) is 5.69 Å². The van der Waals surface area contributed by atoms with Crippen molar-refractivity contribution in [1.82, 2.24) is 0 Å². The lowest BCUT2D eigenvalue weighted by molar-refractivity contribution is 0.332. The summed E-state index contributed by atoms with van der Waals surface area (Å²) in [6, 6.07) is 75.2. The molecule has 0 saturated heterocycles. The lowest BCUT2D eigenvalue weighted by atomic mass is 9.33. The molecule has 2 nitrogen and oxygen atoms in total. The molecule has 0 aromatic heterocycles. The van der Waals surface area contributed by atoms with Crippen LogP contribution in [0.1, 0.15) is 159 Å². The van der Waals surface area contributed by atoms with Gasteiger partial charge < -0.3 is 9.80 Å². The molecule has 0 unspecified atom stereocenters. The van der Waals surface area contributed by atoms with E-state index in [1.807, 2.05) is 0 Å². The number of hydrogen-bond acceptors (Lipinski definition) is 2. The molecule has 9 aromatic carbocycles. The van der Waals surface area contributed by atoms with Crippen LogP contribution >= 0.6 is 0 Å². The number of anilines is 6. The van der Waals surface area contributed by atoms with Crippen molar-refractivity contribution < 1.29 is 0 Å². The molecule has 0 N–H and O–H groups in total. The van der Waals surface area contributed by atoms with E-state index < -0.39 is 0 Å². The summed E-state index contributed by atoms with van der Waals surface area (Å²) in [7, 11) is 0. The van der Waals surface area contributed by atoms with Crippen molar-refractivity contribution in [2.24, 2.45) is 0 Å². The van der Waals surface area contributed by atoms with E-state index >= 15 is 0 Å². The van der Waals surface area contributed by atoms with E-state index in [1.165, 1.54) is 129 Å². The van der Waals surface area contributed by atoms with E-state index in [0.29, 0.717) is 0 Å². The lowest BCUT2D eigenvalue weighted by Gasteiger charge is -2.48. The first-order chi connectivity index (χ1) is 38.0. The van der Waals surface area contributed by atoms with Crippen molar-refractivity contribution in [1.29, 1.82) is 0 Å². The number of rotatable bonds is 8. The monoisotopic (exact) mass is 1040 g/mol. The van der Waals surface area contributed by atoms with Crippen molar-refractivity contribution in [2.75, 3.05) is 9.80 Å². The van der Waals surface area contributed by atoms with E-state index in [0.717, 1.165) is 19.3 Å². The van der Waals surface area contributed by atoms with Crippen molar-refractivity contribution in [3.8, 4) is 22.3 Å². The van der Waals surface area contributed by atoms with Crippen LogP contribution in [0.15, 0.2) is 194 Å². The molecule has 13 rings (SSSR count). The maximum absolute atomic E-state index is 2.71. The second-order valence-electron chi connectivity index (χ2n) is 28.0. The molecule has 400 valence electrons. The zero-order chi connectivity index (χ0) is 55.9. The highest BCUT2D eigenvalue weighted by molar-refractivity contribution is 7.00. The molecular formula is C77H79BN2. The zero-order valence-corrected chi connectivity index (χ0v) is 49.8. The SMILES string of the molecule is Cc1cc2c3c(c1)N(c1ccc(C(C)(C)c4ccccc4)cc1-c1cccc(-c4ccccc4)c1)c1ccc(C(C)(C)c4ccccc4)cc1B3c1cc3c(cc1N2c1ccc2c(c1)C(C)(C)CCC2(C)C)C(C)(C)CCC3(C)C. The highest BCUT2D eigenvalue weighted by Crippen LogP contribution is 2.54. The quantitative estimate of drug-likeness (QED) is 0.140. The molecule has 0 fully saturated rings. The molecule has 0 atom stereocenters. The molecule has 4 aliphatic rings. The second kappa shape index (κ2) is 18.3. The predicted molar refractivity (Wildman–Crippen MR) is 344 cm³/mol. The van der Waals surface area contributed by atoms with Crippen LogP contribution < -0.4 is 26.2 Å². The van der Waals surface area contributed by atoms with E-state index in [-0.39, 0.29) is 39.2 Å². The Bertz CT molecular complexity index is 3910. The van der Waals surface area contributed by atoms with Gasteiger partial charge in [-0.05, 0) is 192 Å². The van der Waals surface area contributed by atoms with Crippen LogP contribution in [0.5, 0.6) is 0 Å². The summed E-state index contributed by atoms with van der Waals surface area (Å²) >= 11 is 0. The fraction of sp³-hybridized carbons (Fsp3) is 0.299. The molecule has 0 spiro atoms. The molecule has 80 heavy (non-hydrogen) atoms. The molecule has 0 bridgehead atoms. The largest absolute Gasteiger partial charge is 0.311 e. The van der Waals surface area contributed by atoms with Crippen LogP contribution in [0.4, 0.5) is 34.1 Å².